The standard InChI is InChI=1S/C17H19N3O/c21-17(13-4-2-1-3-5-13)9-12-6-7-14-11-20-16(10-18-19-20)15(14)8-12/h1-2,6-8,10-13,17,21H,3-5,9H2. The van der Waals surface area contributed by atoms with Gasteiger partial charge in [0.05, 0.1) is 17.8 Å². The van der Waals surface area contributed by atoms with Crippen LogP contribution in [-0.4, -0.2) is 26.0 Å². The third kappa shape index (κ3) is 2.29. The minimum atomic E-state index is -0.226. The van der Waals surface area contributed by atoms with Gasteiger partial charge in [-0.3, -0.25) is 0 Å². The second-order valence-electron chi connectivity index (χ2n) is 6.10. The van der Waals surface area contributed by atoms with Gasteiger partial charge in [0.25, 0.3) is 0 Å². The molecule has 2 aliphatic rings. The van der Waals surface area contributed by atoms with Crippen LogP contribution < -0.4 is 5.22 Å². The Morgan fingerprint density at radius 1 is 1.38 bits per heavy atom. The van der Waals surface area contributed by atoms with Crippen LogP contribution in [0.25, 0.3) is 17.7 Å². The van der Waals surface area contributed by atoms with Gasteiger partial charge in [-0.25, -0.2) is 4.52 Å². The Morgan fingerprint density at radius 2 is 2.33 bits per heavy atom. The molecule has 3 atom stereocenters. The van der Waals surface area contributed by atoms with Gasteiger partial charge in [-0.05, 0) is 37.5 Å². The van der Waals surface area contributed by atoms with Crippen molar-refractivity contribution < 1.29 is 5.11 Å². The van der Waals surface area contributed by atoms with Crippen LogP contribution in [0.3, 0.4) is 0 Å². The quantitative estimate of drug-likeness (QED) is 0.875. The molecule has 0 fully saturated rings. The Bertz CT molecular complexity index is 758. The van der Waals surface area contributed by atoms with Gasteiger partial charge in [0.1, 0.15) is 0 Å². The van der Waals surface area contributed by atoms with E-state index in [1.54, 1.807) is 6.20 Å². The Morgan fingerprint density at radius 3 is 3.19 bits per heavy atom. The lowest BCUT2D eigenvalue weighted by Crippen LogP contribution is -2.24. The number of nitrogens with zero attached hydrogens (tertiary/aromatic N) is 3. The van der Waals surface area contributed by atoms with Gasteiger partial charge in [-0.15, -0.1) is 5.10 Å². The molecule has 2 aromatic rings. The van der Waals surface area contributed by atoms with E-state index >= 15 is 0 Å². The molecule has 21 heavy (non-hydrogen) atoms. The highest BCUT2D eigenvalue weighted by Crippen LogP contribution is 2.27. The summed E-state index contributed by atoms with van der Waals surface area (Å²) in [5.74, 6) is 0.703. The van der Waals surface area contributed by atoms with E-state index in [0.29, 0.717) is 11.8 Å². The largest absolute Gasteiger partial charge is 0.393 e. The normalized spacial score (nSPS) is 25.8. The third-order valence-corrected chi connectivity index (χ3v) is 4.69. The zero-order valence-corrected chi connectivity index (χ0v) is 11.9. The summed E-state index contributed by atoms with van der Waals surface area (Å²) in [6, 6.07) is 0. The maximum absolute atomic E-state index is 10.5. The van der Waals surface area contributed by atoms with Crippen LogP contribution in [-0.2, 0) is 0 Å². The summed E-state index contributed by atoms with van der Waals surface area (Å²) >= 11 is 0. The molecule has 2 heterocycles. The van der Waals surface area contributed by atoms with Crippen LogP contribution in [0.5, 0.6) is 0 Å². The van der Waals surface area contributed by atoms with Crippen LogP contribution in [0.15, 0.2) is 30.6 Å². The van der Waals surface area contributed by atoms with E-state index in [-0.39, 0.29) is 6.10 Å². The molecule has 0 radical (unpaired) electrons. The first-order valence-electron chi connectivity index (χ1n) is 7.67. The number of aliphatic hydroxyl groups excluding tert-OH is 1. The van der Waals surface area contributed by atoms with Gasteiger partial charge < -0.3 is 5.11 Å². The first kappa shape index (κ1) is 12.8. The van der Waals surface area contributed by atoms with Crippen LogP contribution in [0.4, 0.5) is 0 Å². The predicted octanol–water partition coefficient (Wildman–Crippen LogP) is 1.98. The molecular formula is C17H19N3O. The summed E-state index contributed by atoms with van der Waals surface area (Å²) in [5.41, 5.74) is 2.24. The minimum Gasteiger partial charge on any atom is -0.393 e. The predicted molar refractivity (Wildman–Crippen MR) is 82.3 cm³/mol. The number of hydrogen-bond acceptors (Lipinski definition) is 3. The minimum absolute atomic E-state index is 0.226. The van der Waals surface area contributed by atoms with Crippen LogP contribution in [0.2, 0.25) is 0 Å². The molecule has 0 spiro atoms. The number of hydrogen-bond donors (Lipinski definition) is 1. The van der Waals surface area contributed by atoms with Gasteiger partial charge >= 0.3 is 0 Å². The first-order chi connectivity index (χ1) is 10.3. The second kappa shape index (κ2) is 5.11. The van der Waals surface area contributed by atoms with E-state index in [9.17, 15) is 5.11 Å². The lowest BCUT2D eigenvalue weighted by atomic mass is 9.84. The monoisotopic (exact) mass is 281 g/mol. The molecule has 2 aromatic heterocycles. The highest BCUT2D eigenvalue weighted by atomic mass is 16.3. The Kier molecular flexibility index (Phi) is 3.11. The summed E-state index contributed by atoms with van der Waals surface area (Å²) in [6.07, 6.45) is 18.6. The van der Waals surface area contributed by atoms with E-state index < -0.39 is 0 Å². The number of rotatable bonds is 3. The topological polar surface area (TPSA) is 50.4 Å². The van der Waals surface area contributed by atoms with Crippen molar-refractivity contribution in [1.29, 1.82) is 0 Å². The van der Waals surface area contributed by atoms with E-state index in [0.717, 1.165) is 31.2 Å². The summed E-state index contributed by atoms with van der Waals surface area (Å²) in [5, 5.41) is 19.7. The van der Waals surface area contributed by atoms with Crippen LogP contribution >= 0.6 is 0 Å². The zero-order chi connectivity index (χ0) is 14.2. The number of fused-ring (bicyclic) bond motifs is 3. The average molecular weight is 281 g/mol. The molecule has 0 amide bonds. The SMILES string of the molecule is OC(CC1C=Cc2cn3nncc3c2=C1)C1CC=CCC1. The highest BCUT2D eigenvalue weighted by molar-refractivity contribution is 5.67. The van der Waals surface area contributed by atoms with Crippen molar-refractivity contribution in [1.82, 2.24) is 14.8 Å². The molecule has 1 N–H and O–H groups in total. The van der Waals surface area contributed by atoms with Crippen LogP contribution in [0.1, 0.15) is 31.2 Å². The molecule has 0 saturated heterocycles. The van der Waals surface area contributed by atoms with E-state index in [4.69, 9.17) is 0 Å². The summed E-state index contributed by atoms with van der Waals surface area (Å²) in [7, 11) is 0. The molecular weight excluding hydrogens is 262 g/mol. The lowest BCUT2D eigenvalue weighted by molar-refractivity contribution is 0.0888. The van der Waals surface area contributed by atoms with Crippen molar-refractivity contribution in [2.75, 3.05) is 0 Å². The fraction of sp³-hybridized carbons (Fsp3) is 0.412. The van der Waals surface area contributed by atoms with Crippen molar-refractivity contribution in [3.8, 4) is 0 Å². The summed E-state index contributed by atoms with van der Waals surface area (Å²) < 4.78 is 1.82. The molecule has 2 aliphatic carbocycles. The summed E-state index contributed by atoms with van der Waals surface area (Å²) in [4.78, 5) is 0. The molecule has 0 saturated carbocycles. The molecule has 0 aromatic carbocycles. The van der Waals surface area contributed by atoms with Crippen molar-refractivity contribution in [2.24, 2.45) is 11.8 Å². The maximum Gasteiger partial charge on any atom is 0.0941 e. The van der Waals surface area contributed by atoms with Crippen molar-refractivity contribution in [3.05, 3.63) is 41.4 Å². The van der Waals surface area contributed by atoms with Crippen molar-refractivity contribution in [2.45, 2.75) is 31.8 Å². The van der Waals surface area contributed by atoms with Gasteiger partial charge in [0.15, 0.2) is 0 Å². The number of aliphatic hydroxyl groups is 1. The van der Waals surface area contributed by atoms with E-state index in [1.165, 1.54) is 10.8 Å². The first-order valence-corrected chi connectivity index (χ1v) is 7.67. The van der Waals surface area contributed by atoms with Gasteiger partial charge in [-0.1, -0.05) is 35.6 Å². The van der Waals surface area contributed by atoms with Gasteiger partial charge in [0.2, 0.25) is 0 Å². The third-order valence-electron chi connectivity index (χ3n) is 4.69. The average Bonchev–Trinajstić information content (AvgIpc) is 3.09. The van der Waals surface area contributed by atoms with E-state index in [1.807, 2.05) is 10.7 Å². The van der Waals surface area contributed by atoms with Crippen LogP contribution in [0, 0.1) is 11.8 Å². The Hall–Kier alpha value is -1.94. The molecule has 4 rings (SSSR count). The lowest BCUT2D eigenvalue weighted by Gasteiger charge is -2.25. The van der Waals surface area contributed by atoms with Crippen molar-refractivity contribution in [3.63, 3.8) is 0 Å². The summed E-state index contributed by atoms with van der Waals surface area (Å²) in [6.45, 7) is 0. The smallest absolute Gasteiger partial charge is 0.0941 e. The number of allylic oxidation sites excluding steroid dienone is 3. The highest BCUT2D eigenvalue weighted by Gasteiger charge is 2.22. The van der Waals surface area contributed by atoms with Crippen molar-refractivity contribution >= 4 is 17.7 Å². The molecule has 4 nitrogen and oxygen atoms in total. The Labute approximate surface area is 123 Å². The van der Waals surface area contributed by atoms with E-state index in [2.05, 4.69) is 40.7 Å². The zero-order valence-electron chi connectivity index (χ0n) is 11.9. The Balaban J connectivity index is 1.56. The van der Waals surface area contributed by atoms with Gasteiger partial charge in [-0.2, -0.15) is 0 Å². The fourth-order valence-electron chi connectivity index (χ4n) is 3.48. The maximum atomic E-state index is 10.5. The van der Waals surface area contributed by atoms with Gasteiger partial charge in [0, 0.05) is 17.0 Å². The molecule has 3 unspecified atom stereocenters. The number of aromatic nitrogens is 3. The second-order valence-corrected chi connectivity index (χ2v) is 6.10. The molecule has 4 heteroatoms. The fourth-order valence-corrected chi connectivity index (χ4v) is 3.48. The molecule has 0 aliphatic heterocycles. The molecule has 0 bridgehead atoms. The molecule has 108 valence electrons.